The minimum Gasteiger partial charge on any atom is -0.493 e. The molecule has 0 radical (unpaired) electrons. The van der Waals surface area contributed by atoms with E-state index in [4.69, 9.17) is 17.0 Å². The summed E-state index contributed by atoms with van der Waals surface area (Å²) in [5, 5.41) is 8.67. The molecule has 0 aliphatic rings. The molecule has 0 aliphatic carbocycles. The molecule has 2 rings (SSSR count). The lowest BCUT2D eigenvalue weighted by Gasteiger charge is -2.13. The van der Waals surface area contributed by atoms with Crippen molar-refractivity contribution in [3.63, 3.8) is 0 Å². The van der Waals surface area contributed by atoms with Gasteiger partial charge in [-0.2, -0.15) is 0 Å². The Morgan fingerprint density at radius 2 is 1.63 bits per heavy atom. The standard InChI is InChI=1S/C23H29N3O3S/c1-3-5-15-24-21(27)17-11-13-18(14-12-17)25-23(30)26-22(28)19-9-7-8-10-20(19)29-16-6-4-2/h7-14H,3-6,15-16H2,1-2H3,(H,24,27)(H2,25,26,28,30). The highest BCUT2D eigenvalue weighted by Gasteiger charge is 2.14. The molecule has 160 valence electrons. The normalized spacial score (nSPS) is 10.2. The summed E-state index contributed by atoms with van der Waals surface area (Å²) in [5.74, 6) is 0.0850. The second kappa shape index (κ2) is 12.6. The van der Waals surface area contributed by atoms with E-state index in [2.05, 4.69) is 29.8 Å². The Morgan fingerprint density at radius 3 is 2.33 bits per heavy atom. The summed E-state index contributed by atoms with van der Waals surface area (Å²) in [6.07, 6.45) is 3.91. The van der Waals surface area contributed by atoms with Crippen LogP contribution in [0.25, 0.3) is 0 Å². The highest BCUT2D eigenvalue weighted by molar-refractivity contribution is 7.80. The number of anilines is 1. The quantitative estimate of drug-likeness (QED) is 0.384. The topological polar surface area (TPSA) is 79.5 Å². The average Bonchev–Trinajstić information content (AvgIpc) is 2.74. The largest absolute Gasteiger partial charge is 0.493 e. The molecule has 0 bridgehead atoms. The Hall–Kier alpha value is -2.93. The summed E-state index contributed by atoms with van der Waals surface area (Å²) in [5.41, 5.74) is 1.68. The first-order valence-electron chi connectivity index (χ1n) is 10.3. The van der Waals surface area contributed by atoms with Crippen LogP contribution in [0.15, 0.2) is 48.5 Å². The number of unbranched alkanes of at least 4 members (excludes halogenated alkanes) is 2. The number of hydrogen-bond acceptors (Lipinski definition) is 4. The van der Waals surface area contributed by atoms with Gasteiger partial charge in [-0.15, -0.1) is 0 Å². The van der Waals surface area contributed by atoms with Crippen LogP contribution in [0, 0.1) is 0 Å². The molecule has 0 unspecified atom stereocenters. The molecule has 7 heteroatoms. The van der Waals surface area contributed by atoms with E-state index in [1.807, 2.05) is 6.07 Å². The van der Waals surface area contributed by atoms with Gasteiger partial charge in [-0.25, -0.2) is 0 Å². The third-order valence-electron chi connectivity index (χ3n) is 4.34. The molecule has 0 spiro atoms. The zero-order valence-corrected chi connectivity index (χ0v) is 18.3. The number of rotatable bonds is 10. The maximum atomic E-state index is 12.6. The van der Waals surface area contributed by atoms with Crippen LogP contribution in [0.4, 0.5) is 5.69 Å². The maximum absolute atomic E-state index is 12.6. The lowest BCUT2D eigenvalue weighted by molar-refractivity contribution is 0.0950. The molecule has 2 amide bonds. The number of carbonyl (C=O) groups excluding carboxylic acids is 2. The number of thiocarbonyl (C=S) groups is 1. The maximum Gasteiger partial charge on any atom is 0.261 e. The van der Waals surface area contributed by atoms with Crippen LogP contribution >= 0.6 is 12.2 Å². The van der Waals surface area contributed by atoms with Crippen molar-refractivity contribution < 1.29 is 14.3 Å². The fraction of sp³-hybridized carbons (Fsp3) is 0.348. The molecule has 0 saturated carbocycles. The number of benzene rings is 2. The van der Waals surface area contributed by atoms with Gasteiger partial charge in [-0.05, 0) is 61.5 Å². The van der Waals surface area contributed by atoms with Crippen LogP contribution in [-0.2, 0) is 0 Å². The van der Waals surface area contributed by atoms with Gasteiger partial charge < -0.3 is 15.4 Å². The molecule has 0 aromatic heterocycles. The van der Waals surface area contributed by atoms with Gasteiger partial charge in [0.1, 0.15) is 5.75 Å². The number of amides is 2. The molecule has 0 heterocycles. The summed E-state index contributed by atoms with van der Waals surface area (Å²) in [6, 6.07) is 14.0. The van der Waals surface area contributed by atoms with Crippen molar-refractivity contribution in [2.24, 2.45) is 0 Å². The first kappa shape index (κ1) is 23.3. The second-order valence-electron chi connectivity index (χ2n) is 6.79. The van der Waals surface area contributed by atoms with Crippen molar-refractivity contribution >= 4 is 34.8 Å². The van der Waals surface area contributed by atoms with E-state index in [1.54, 1.807) is 42.5 Å². The lowest BCUT2D eigenvalue weighted by Crippen LogP contribution is -2.34. The molecule has 3 N–H and O–H groups in total. The Bertz CT molecular complexity index is 853. The number of carbonyl (C=O) groups is 2. The third kappa shape index (κ3) is 7.48. The van der Waals surface area contributed by atoms with Crippen LogP contribution in [0.2, 0.25) is 0 Å². The number of para-hydroxylation sites is 1. The van der Waals surface area contributed by atoms with E-state index in [0.717, 1.165) is 25.7 Å². The van der Waals surface area contributed by atoms with E-state index in [-0.39, 0.29) is 16.9 Å². The molecular weight excluding hydrogens is 398 g/mol. The summed E-state index contributed by atoms with van der Waals surface area (Å²) in [6.45, 7) is 5.38. The van der Waals surface area contributed by atoms with Gasteiger partial charge in [0.05, 0.1) is 12.2 Å². The highest BCUT2D eigenvalue weighted by Crippen LogP contribution is 2.18. The van der Waals surface area contributed by atoms with E-state index in [1.165, 1.54) is 0 Å². The van der Waals surface area contributed by atoms with Gasteiger partial charge in [0, 0.05) is 17.8 Å². The van der Waals surface area contributed by atoms with Crippen molar-refractivity contribution in [1.29, 1.82) is 0 Å². The Labute approximate surface area is 183 Å². The molecule has 0 fully saturated rings. The van der Waals surface area contributed by atoms with Crippen molar-refractivity contribution in [2.75, 3.05) is 18.5 Å². The third-order valence-corrected chi connectivity index (χ3v) is 4.54. The number of nitrogens with one attached hydrogen (secondary N) is 3. The molecular formula is C23H29N3O3S. The van der Waals surface area contributed by atoms with E-state index < -0.39 is 0 Å². The first-order chi connectivity index (χ1) is 14.5. The predicted octanol–water partition coefficient (Wildman–Crippen LogP) is 4.52. The Kier molecular flexibility index (Phi) is 9.80. The summed E-state index contributed by atoms with van der Waals surface area (Å²) in [4.78, 5) is 24.7. The van der Waals surface area contributed by atoms with Crippen molar-refractivity contribution in [3.8, 4) is 5.75 Å². The molecule has 30 heavy (non-hydrogen) atoms. The van der Waals surface area contributed by atoms with Gasteiger partial charge in [0.2, 0.25) is 0 Å². The number of hydrogen-bond donors (Lipinski definition) is 3. The van der Waals surface area contributed by atoms with E-state index >= 15 is 0 Å². The van der Waals surface area contributed by atoms with Crippen molar-refractivity contribution in [3.05, 3.63) is 59.7 Å². The molecule has 2 aromatic carbocycles. The molecule has 2 aromatic rings. The van der Waals surface area contributed by atoms with Gasteiger partial charge in [0.15, 0.2) is 5.11 Å². The molecule has 0 saturated heterocycles. The lowest BCUT2D eigenvalue weighted by atomic mass is 10.2. The predicted molar refractivity (Wildman–Crippen MR) is 124 cm³/mol. The summed E-state index contributed by atoms with van der Waals surface area (Å²) in [7, 11) is 0. The fourth-order valence-corrected chi connectivity index (χ4v) is 2.84. The van der Waals surface area contributed by atoms with Crippen molar-refractivity contribution in [1.82, 2.24) is 10.6 Å². The van der Waals surface area contributed by atoms with Crippen molar-refractivity contribution in [2.45, 2.75) is 39.5 Å². The SMILES string of the molecule is CCCCNC(=O)c1ccc(NC(=S)NC(=O)c2ccccc2OCCCC)cc1. The van der Waals surface area contributed by atoms with Gasteiger partial charge in [-0.3, -0.25) is 14.9 Å². The Morgan fingerprint density at radius 1 is 0.933 bits per heavy atom. The van der Waals surface area contributed by atoms with Gasteiger partial charge in [0.25, 0.3) is 11.8 Å². The van der Waals surface area contributed by atoms with E-state index in [0.29, 0.717) is 35.7 Å². The van der Waals surface area contributed by atoms with Crippen LogP contribution in [0.1, 0.15) is 60.2 Å². The highest BCUT2D eigenvalue weighted by atomic mass is 32.1. The first-order valence-corrected chi connectivity index (χ1v) is 10.7. The zero-order valence-electron chi connectivity index (χ0n) is 17.5. The summed E-state index contributed by atoms with van der Waals surface area (Å²) >= 11 is 5.25. The molecule has 0 aliphatic heterocycles. The average molecular weight is 428 g/mol. The summed E-state index contributed by atoms with van der Waals surface area (Å²) < 4.78 is 5.71. The smallest absolute Gasteiger partial charge is 0.261 e. The monoisotopic (exact) mass is 427 g/mol. The van der Waals surface area contributed by atoms with E-state index in [9.17, 15) is 9.59 Å². The number of ether oxygens (including phenoxy) is 1. The molecule has 0 atom stereocenters. The second-order valence-corrected chi connectivity index (χ2v) is 7.20. The minimum atomic E-state index is -0.341. The Balaban J connectivity index is 1.91. The van der Waals surface area contributed by atoms with Gasteiger partial charge in [-0.1, -0.05) is 38.8 Å². The van der Waals surface area contributed by atoms with Crippen LogP contribution in [0.5, 0.6) is 5.75 Å². The fourth-order valence-electron chi connectivity index (χ4n) is 2.63. The van der Waals surface area contributed by atoms with Crippen LogP contribution in [0.3, 0.4) is 0 Å². The molecule has 6 nitrogen and oxygen atoms in total. The van der Waals surface area contributed by atoms with Gasteiger partial charge >= 0.3 is 0 Å². The zero-order chi connectivity index (χ0) is 21.8. The minimum absolute atomic E-state index is 0.106. The van der Waals surface area contributed by atoms with Crippen LogP contribution in [-0.4, -0.2) is 30.1 Å². The van der Waals surface area contributed by atoms with Crippen LogP contribution < -0.4 is 20.7 Å².